The lowest BCUT2D eigenvalue weighted by Gasteiger charge is -2.18. The Labute approximate surface area is 98.2 Å². The summed E-state index contributed by atoms with van der Waals surface area (Å²) in [5.74, 6) is -0.0860. The van der Waals surface area contributed by atoms with Crippen molar-refractivity contribution in [1.82, 2.24) is 0 Å². The molecule has 2 rings (SSSR count). The Morgan fingerprint density at radius 3 is 2.88 bits per heavy atom. The predicted molar refractivity (Wildman–Crippen MR) is 61.1 cm³/mol. The normalized spacial score (nSPS) is 19.9. The molecular weight excluding hydrogens is 226 g/mol. The fourth-order valence-electron chi connectivity index (χ4n) is 1.83. The molecule has 0 bridgehead atoms. The number of rotatable bonds is 1. The molecule has 1 amide bonds. The largest absolute Gasteiger partial charge is 0.326 e. The van der Waals surface area contributed by atoms with Gasteiger partial charge >= 0.3 is 0 Å². The van der Waals surface area contributed by atoms with Crippen LogP contribution < -0.4 is 10.6 Å². The molecule has 1 aromatic carbocycles. The second-order valence-electron chi connectivity index (χ2n) is 3.72. The van der Waals surface area contributed by atoms with Gasteiger partial charge in [-0.05, 0) is 12.1 Å². The van der Waals surface area contributed by atoms with E-state index in [1.807, 2.05) is 6.07 Å². The molecule has 1 heterocycles. The van der Waals surface area contributed by atoms with Crippen molar-refractivity contribution in [2.75, 3.05) is 11.4 Å². The van der Waals surface area contributed by atoms with Crippen LogP contribution in [-0.2, 0) is 4.79 Å². The van der Waals surface area contributed by atoms with Crippen LogP contribution in [0.25, 0.3) is 0 Å². The van der Waals surface area contributed by atoms with Crippen LogP contribution in [0.5, 0.6) is 0 Å². The maximum atomic E-state index is 11.7. The number of nitriles is 1. The van der Waals surface area contributed by atoms with Crippen molar-refractivity contribution < 1.29 is 4.79 Å². The molecule has 1 fully saturated rings. The lowest BCUT2D eigenvalue weighted by atomic mass is 10.2. The smallest absolute Gasteiger partial charge is 0.228 e. The molecule has 1 aliphatic heterocycles. The molecule has 16 heavy (non-hydrogen) atoms. The molecule has 4 nitrogen and oxygen atoms in total. The first-order valence-corrected chi connectivity index (χ1v) is 5.26. The van der Waals surface area contributed by atoms with Gasteiger partial charge < -0.3 is 10.6 Å². The second kappa shape index (κ2) is 4.12. The number of hydrogen-bond acceptors (Lipinski definition) is 3. The van der Waals surface area contributed by atoms with Crippen molar-refractivity contribution in [2.24, 2.45) is 5.73 Å². The van der Waals surface area contributed by atoms with E-state index in [1.54, 1.807) is 18.2 Å². The van der Waals surface area contributed by atoms with Crippen LogP contribution in [0, 0.1) is 11.3 Å². The van der Waals surface area contributed by atoms with Crippen molar-refractivity contribution in [1.29, 1.82) is 5.26 Å². The molecule has 5 heteroatoms. The second-order valence-corrected chi connectivity index (χ2v) is 4.12. The van der Waals surface area contributed by atoms with E-state index < -0.39 is 0 Å². The summed E-state index contributed by atoms with van der Waals surface area (Å²) >= 11 is 6.02. The molecule has 2 N–H and O–H groups in total. The third-order valence-corrected chi connectivity index (χ3v) is 2.84. The number of anilines is 1. The van der Waals surface area contributed by atoms with Gasteiger partial charge in [-0.1, -0.05) is 17.7 Å². The minimum absolute atomic E-state index is 0.0860. The highest BCUT2D eigenvalue weighted by Gasteiger charge is 2.30. The first-order valence-electron chi connectivity index (χ1n) is 4.88. The van der Waals surface area contributed by atoms with E-state index in [0.717, 1.165) is 0 Å². The molecule has 1 unspecified atom stereocenters. The van der Waals surface area contributed by atoms with E-state index >= 15 is 0 Å². The van der Waals surface area contributed by atoms with Crippen molar-refractivity contribution in [3.05, 3.63) is 28.8 Å². The zero-order valence-electron chi connectivity index (χ0n) is 8.48. The van der Waals surface area contributed by atoms with Crippen molar-refractivity contribution in [3.8, 4) is 6.07 Å². The Morgan fingerprint density at radius 1 is 1.56 bits per heavy atom. The molecule has 1 aliphatic rings. The first kappa shape index (κ1) is 10.9. The van der Waals surface area contributed by atoms with E-state index in [2.05, 4.69) is 0 Å². The highest BCUT2D eigenvalue weighted by Crippen LogP contribution is 2.32. The van der Waals surface area contributed by atoms with Crippen molar-refractivity contribution in [2.45, 2.75) is 12.5 Å². The summed E-state index contributed by atoms with van der Waals surface area (Å²) in [6.45, 7) is 0.414. The fraction of sp³-hybridized carbons (Fsp3) is 0.273. The molecule has 1 aromatic rings. The molecule has 1 atom stereocenters. The number of hydrogen-bond donors (Lipinski definition) is 1. The third-order valence-electron chi connectivity index (χ3n) is 2.53. The first-order chi connectivity index (χ1) is 7.63. The Balaban J connectivity index is 2.48. The summed E-state index contributed by atoms with van der Waals surface area (Å²) in [7, 11) is 0. The summed E-state index contributed by atoms with van der Waals surface area (Å²) in [5.41, 5.74) is 6.58. The van der Waals surface area contributed by atoms with Gasteiger partial charge in [-0.15, -0.1) is 0 Å². The van der Waals surface area contributed by atoms with Crippen LogP contribution in [0.2, 0.25) is 5.02 Å². The number of carbonyl (C=O) groups is 1. The lowest BCUT2D eigenvalue weighted by Crippen LogP contribution is -2.28. The van der Waals surface area contributed by atoms with E-state index in [4.69, 9.17) is 22.6 Å². The number of para-hydroxylation sites is 1. The monoisotopic (exact) mass is 235 g/mol. The molecule has 82 valence electrons. The summed E-state index contributed by atoms with van der Waals surface area (Å²) in [6.07, 6.45) is 0.302. The summed E-state index contributed by atoms with van der Waals surface area (Å²) in [4.78, 5) is 13.2. The molecule has 0 aliphatic carbocycles. The summed E-state index contributed by atoms with van der Waals surface area (Å²) in [5, 5.41) is 9.38. The molecule has 0 radical (unpaired) electrons. The molecule has 0 aromatic heterocycles. The van der Waals surface area contributed by atoms with Gasteiger partial charge in [0.15, 0.2) is 0 Å². The van der Waals surface area contributed by atoms with Gasteiger partial charge in [0.05, 0.1) is 16.3 Å². The number of carbonyl (C=O) groups excluding carboxylic acids is 1. The van der Waals surface area contributed by atoms with Crippen LogP contribution in [-0.4, -0.2) is 18.5 Å². The van der Waals surface area contributed by atoms with Gasteiger partial charge in [0.2, 0.25) is 5.91 Å². The van der Waals surface area contributed by atoms with Crippen LogP contribution in [0.1, 0.15) is 12.0 Å². The van der Waals surface area contributed by atoms with E-state index in [1.165, 1.54) is 4.90 Å². The summed E-state index contributed by atoms with van der Waals surface area (Å²) in [6, 6.07) is 6.83. The van der Waals surface area contributed by atoms with E-state index in [-0.39, 0.29) is 11.9 Å². The van der Waals surface area contributed by atoms with Gasteiger partial charge in [0, 0.05) is 19.0 Å². The van der Waals surface area contributed by atoms with Crippen LogP contribution >= 0.6 is 11.6 Å². The maximum absolute atomic E-state index is 11.7. The Bertz CT molecular complexity index is 481. The van der Waals surface area contributed by atoms with E-state index in [0.29, 0.717) is 29.2 Å². The maximum Gasteiger partial charge on any atom is 0.228 e. The zero-order valence-corrected chi connectivity index (χ0v) is 9.24. The average Bonchev–Trinajstić information content (AvgIpc) is 2.57. The van der Waals surface area contributed by atoms with Gasteiger partial charge in [-0.2, -0.15) is 5.26 Å². The Hall–Kier alpha value is -1.57. The fourth-order valence-corrected chi connectivity index (χ4v) is 2.11. The minimum Gasteiger partial charge on any atom is -0.326 e. The van der Waals surface area contributed by atoms with E-state index in [9.17, 15) is 4.79 Å². The van der Waals surface area contributed by atoms with Gasteiger partial charge in [0.25, 0.3) is 0 Å². The van der Waals surface area contributed by atoms with Gasteiger partial charge in [-0.3, -0.25) is 4.79 Å². The zero-order chi connectivity index (χ0) is 11.7. The minimum atomic E-state index is -0.185. The average molecular weight is 236 g/mol. The van der Waals surface area contributed by atoms with Crippen LogP contribution in [0.15, 0.2) is 18.2 Å². The van der Waals surface area contributed by atoms with Crippen LogP contribution in [0.4, 0.5) is 5.69 Å². The number of halogens is 1. The Kier molecular flexibility index (Phi) is 2.82. The number of amides is 1. The number of benzene rings is 1. The highest BCUT2D eigenvalue weighted by atomic mass is 35.5. The van der Waals surface area contributed by atoms with Crippen molar-refractivity contribution in [3.63, 3.8) is 0 Å². The standard InChI is InChI=1S/C11H10ClN3O/c12-9-3-1-2-7(5-13)11(9)15-6-8(14)4-10(15)16/h1-3,8H,4,6,14H2. The third kappa shape index (κ3) is 1.75. The molecule has 0 spiro atoms. The molecule has 0 saturated carbocycles. The summed E-state index contributed by atoms with van der Waals surface area (Å²) < 4.78 is 0. The SMILES string of the molecule is N#Cc1cccc(Cl)c1N1CC(N)CC1=O. The Morgan fingerprint density at radius 2 is 2.31 bits per heavy atom. The topological polar surface area (TPSA) is 70.1 Å². The quantitative estimate of drug-likeness (QED) is 0.797. The predicted octanol–water partition coefficient (Wildman–Crippen LogP) is 1.28. The number of nitrogens with two attached hydrogens (primary N) is 1. The highest BCUT2D eigenvalue weighted by molar-refractivity contribution is 6.34. The number of nitrogens with zero attached hydrogens (tertiary/aromatic N) is 2. The lowest BCUT2D eigenvalue weighted by molar-refractivity contribution is -0.117. The molecule has 1 saturated heterocycles. The molecular formula is C11H10ClN3O. The van der Waals surface area contributed by atoms with Gasteiger partial charge in [0.1, 0.15) is 6.07 Å². The van der Waals surface area contributed by atoms with Crippen LogP contribution in [0.3, 0.4) is 0 Å². The van der Waals surface area contributed by atoms with Crippen molar-refractivity contribution >= 4 is 23.2 Å². The van der Waals surface area contributed by atoms with Gasteiger partial charge in [-0.25, -0.2) is 0 Å².